The summed E-state index contributed by atoms with van der Waals surface area (Å²) in [7, 11) is 1.79. The standard InChI is InChI=1S/C25H18N4O2/c1-28-21-15-9-8-14-20(21)26-25(28)24(31)19-16-29(18-12-6-3-7-13-18)27-22(19)23(30)17-10-4-2-5-11-17/h2-16H,1H3. The molecule has 0 aliphatic rings. The van der Waals surface area contributed by atoms with Gasteiger partial charge in [-0.2, -0.15) is 5.10 Å². The average Bonchev–Trinajstić information content (AvgIpc) is 3.42. The maximum absolute atomic E-state index is 13.5. The first-order valence-electron chi connectivity index (χ1n) is 9.84. The highest BCUT2D eigenvalue weighted by Gasteiger charge is 2.27. The van der Waals surface area contributed by atoms with Crippen molar-refractivity contribution < 1.29 is 9.59 Å². The van der Waals surface area contributed by atoms with Crippen LogP contribution in [0.25, 0.3) is 16.7 Å². The van der Waals surface area contributed by atoms with Gasteiger partial charge in [0.25, 0.3) is 0 Å². The van der Waals surface area contributed by atoms with Crippen molar-refractivity contribution in [1.82, 2.24) is 19.3 Å². The maximum atomic E-state index is 13.5. The monoisotopic (exact) mass is 406 g/mol. The van der Waals surface area contributed by atoms with Crippen LogP contribution in [0.5, 0.6) is 0 Å². The summed E-state index contributed by atoms with van der Waals surface area (Å²) in [5.41, 5.74) is 3.12. The highest BCUT2D eigenvalue weighted by Crippen LogP contribution is 2.22. The summed E-state index contributed by atoms with van der Waals surface area (Å²) in [6, 6.07) is 25.8. The van der Waals surface area contributed by atoms with E-state index < -0.39 is 0 Å². The second-order valence-corrected chi connectivity index (χ2v) is 7.18. The van der Waals surface area contributed by atoms with Crippen LogP contribution in [-0.4, -0.2) is 30.9 Å². The number of aromatic nitrogens is 4. The lowest BCUT2D eigenvalue weighted by atomic mass is 10.0. The molecule has 0 radical (unpaired) electrons. The van der Waals surface area contributed by atoms with Crippen LogP contribution in [0.3, 0.4) is 0 Å². The number of carbonyl (C=O) groups is 2. The molecular weight excluding hydrogens is 388 g/mol. The Kier molecular flexibility index (Phi) is 4.52. The van der Waals surface area contributed by atoms with E-state index in [1.54, 1.807) is 46.8 Å². The summed E-state index contributed by atoms with van der Waals surface area (Å²) in [6.45, 7) is 0. The fraction of sp³-hybridized carbons (Fsp3) is 0.0400. The van der Waals surface area contributed by atoms with E-state index in [1.807, 2.05) is 60.7 Å². The van der Waals surface area contributed by atoms with Crippen molar-refractivity contribution in [3.05, 3.63) is 114 Å². The van der Waals surface area contributed by atoms with Crippen LogP contribution in [0.2, 0.25) is 0 Å². The maximum Gasteiger partial charge on any atom is 0.232 e. The molecule has 3 aromatic carbocycles. The van der Waals surface area contributed by atoms with Gasteiger partial charge in [-0.25, -0.2) is 9.67 Å². The van der Waals surface area contributed by atoms with Gasteiger partial charge in [0.15, 0.2) is 5.82 Å². The molecule has 0 bridgehead atoms. The molecule has 6 heteroatoms. The second kappa shape index (κ2) is 7.50. The number of carbonyl (C=O) groups excluding carboxylic acids is 2. The van der Waals surface area contributed by atoms with Crippen LogP contribution >= 0.6 is 0 Å². The SMILES string of the molecule is Cn1c(C(=O)c2cn(-c3ccccc3)nc2C(=O)c2ccccc2)nc2ccccc21. The predicted molar refractivity (Wildman–Crippen MR) is 118 cm³/mol. The van der Waals surface area contributed by atoms with E-state index in [2.05, 4.69) is 10.1 Å². The number of hydrogen-bond donors (Lipinski definition) is 0. The topological polar surface area (TPSA) is 69.8 Å². The van der Waals surface area contributed by atoms with Gasteiger partial charge in [0, 0.05) is 18.8 Å². The Morgan fingerprint density at radius 1 is 0.774 bits per heavy atom. The Morgan fingerprint density at radius 3 is 2.13 bits per heavy atom. The van der Waals surface area contributed by atoms with Crippen molar-refractivity contribution in [3.63, 3.8) is 0 Å². The Labute approximate surface area is 178 Å². The number of nitrogens with zero attached hydrogens (tertiary/aromatic N) is 4. The second-order valence-electron chi connectivity index (χ2n) is 7.18. The average molecular weight is 406 g/mol. The zero-order chi connectivity index (χ0) is 21.4. The highest BCUT2D eigenvalue weighted by atomic mass is 16.1. The number of benzene rings is 3. The highest BCUT2D eigenvalue weighted by molar-refractivity contribution is 6.18. The fourth-order valence-electron chi connectivity index (χ4n) is 3.62. The summed E-state index contributed by atoms with van der Waals surface area (Å²) < 4.78 is 3.31. The summed E-state index contributed by atoms with van der Waals surface area (Å²) in [4.78, 5) is 31.3. The van der Waals surface area contributed by atoms with Gasteiger partial charge in [0.2, 0.25) is 11.6 Å². The van der Waals surface area contributed by atoms with E-state index in [-0.39, 0.29) is 28.6 Å². The molecule has 0 aliphatic heterocycles. The summed E-state index contributed by atoms with van der Waals surface area (Å²) in [6.07, 6.45) is 1.60. The molecule has 0 saturated heterocycles. The molecular formula is C25H18N4O2. The molecule has 2 aromatic heterocycles. The van der Waals surface area contributed by atoms with Gasteiger partial charge < -0.3 is 4.57 Å². The smallest absolute Gasteiger partial charge is 0.232 e. The molecule has 2 heterocycles. The molecule has 0 amide bonds. The Balaban J connectivity index is 1.67. The number of para-hydroxylation sites is 3. The van der Waals surface area contributed by atoms with Gasteiger partial charge in [-0.1, -0.05) is 60.7 Å². The molecule has 0 saturated carbocycles. The van der Waals surface area contributed by atoms with Crippen LogP contribution < -0.4 is 0 Å². The van der Waals surface area contributed by atoms with Gasteiger partial charge in [0.05, 0.1) is 22.3 Å². The third kappa shape index (κ3) is 3.24. The summed E-state index contributed by atoms with van der Waals surface area (Å²) in [5.74, 6) is -0.395. The van der Waals surface area contributed by atoms with E-state index in [1.165, 1.54) is 0 Å². The largest absolute Gasteiger partial charge is 0.324 e. The Bertz CT molecular complexity index is 1420. The van der Waals surface area contributed by atoms with E-state index in [9.17, 15) is 9.59 Å². The molecule has 0 aliphatic carbocycles. The lowest BCUT2D eigenvalue weighted by Crippen LogP contribution is -2.13. The summed E-state index contributed by atoms with van der Waals surface area (Å²) >= 11 is 0. The minimum absolute atomic E-state index is 0.104. The molecule has 6 nitrogen and oxygen atoms in total. The molecule has 150 valence electrons. The molecule has 5 aromatic rings. The van der Waals surface area contributed by atoms with Crippen molar-refractivity contribution in [2.45, 2.75) is 0 Å². The van der Waals surface area contributed by atoms with Crippen LogP contribution in [0.1, 0.15) is 32.2 Å². The van der Waals surface area contributed by atoms with Gasteiger partial charge >= 0.3 is 0 Å². The van der Waals surface area contributed by atoms with E-state index >= 15 is 0 Å². The van der Waals surface area contributed by atoms with Crippen LogP contribution in [0.4, 0.5) is 0 Å². The lowest BCUT2D eigenvalue weighted by Gasteiger charge is -2.02. The number of ketones is 2. The molecule has 0 N–H and O–H groups in total. The number of rotatable bonds is 5. The Hall–Kier alpha value is -4.32. The van der Waals surface area contributed by atoms with Crippen molar-refractivity contribution >= 4 is 22.6 Å². The molecule has 0 fully saturated rings. The van der Waals surface area contributed by atoms with Crippen molar-refractivity contribution in [1.29, 1.82) is 0 Å². The molecule has 31 heavy (non-hydrogen) atoms. The minimum Gasteiger partial charge on any atom is -0.324 e. The quantitative estimate of drug-likeness (QED) is 0.410. The first-order valence-corrected chi connectivity index (χ1v) is 9.84. The number of fused-ring (bicyclic) bond motifs is 1. The fourth-order valence-corrected chi connectivity index (χ4v) is 3.62. The van der Waals surface area contributed by atoms with Gasteiger partial charge in [-0.15, -0.1) is 0 Å². The first kappa shape index (κ1) is 18.7. The van der Waals surface area contributed by atoms with E-state index in [4.69, 9.17) is 0 Å². The molecule has 0 spiro atoms. The minimum atomic E-state index is -0.347. The Morgan fingerprint density at radius 2 is 1.42 bits per heavy atom. The molecule has 0 atom stereocenters. The number of aryl methyl sites for hydroxylation is 1. The number of hydrogen-bond acceptors (Lipinski definition) is 4. The third-order valence-electron chi connectivity index (χ3n) is 5.22. The summed E-state index contributed by atoms with van der Waals surface area (Å²) in [5, 5.41) is 4.50. The zero-order valence-corrected chi connectivity index (χ0v) is 16.8. The zero-order valence-electron chi connectivity index (χ0n) is 16.8. The molecule has 5 rings (SSSR count). The molecule has 0 unspecified atom stereocenters. The van der Waals surface area contributed by atoms with E-state index in [0.29, 0.717) is 5.56 Å². The normalized spacial score (nSPS) is 11.0. The van der Waals surface area contributed by atoms with Crippen LogP contribution in [-0.2, 0) is 7.05 Å². The van der Waals surface area contributed by atoms with Crippen molar-refractivity contribution in [2.75, 3.05) is 0 Å². The predicted octanol–water partition coefficient (Wildman–Crippen LogP) is 4.22. The van der Waals surface area contributed by atoms with Gasteiger partial charge in [-0.3, -0.25) is 9.59 Å². The van der Waals surface area contributed by atoms with Gasteiger partial charge in [-0.05, 0) is 24.3 Å². The number of imidazole rings is 1. The van der Waals surface area contributed by atoms with Crippen LogP contribution in [0.15, 0.2) is 91.1 Å². The third-order valence-corrected chi connectivity index (χ3v) is 5.22. The van der Waals surface area contributed by atoms with Crippen molar-refractivity contribution in [2.24, 2.45) is 7.05 Å². The van der Waals surface area contributed by atoms with Crippen molar-refractivity contribution in [3.8, 4) is 5.69 Å². The van der Waals surface area contributed by atoms with Gasteiger partial charge in [0.1, 0.15) is 5.69 Å². The van der Waals surface area contributed by atoms with E-state index in [0.717, 1.165) is 16.7 Å². The van der Waals surface area contributed by atoms with Crippen LogP contribution in [0, 0.1) is 0 Å². The lowest BCUT2D eigenvalue weighted by molar-refractivity contribution is 0.0995. The first-order chi connectivity index (χ1) is 15.1.